The summed E-state index contributed by atoms with van der Waals surface area (Å²) in [4.78, 5) is 17.2. The summed E-state index contributed by atoms with van der Waals surface area (Å²) >= 11 is 0. The van der Waals surface area contributed by atoms with Gasteiger partial charge in [0, 0.05) is 25.3 Å². The second-order valence-corrected chi connectivity index (χ2v) is 5.81. The highest BCUT2D eigenvalue weighted by Gasteiger charge is 2.65. The molecule has 3 rings (SSSR count). The minimum atomic E-state index is -3.12. The number of rotatable bonds is 2. The van der Waals surface area contributed by atoms with Gasteiger partial charge in [-0.1, -0.05) is 18.2 Å². The van der Waals surface area contributed by atoms with Crippen LogP contribution in [0.2, 0.25) is 0 Å². The van der Waals surface area contributed by atoms with Gasteiger partial charge in [-0.25, -0.2) is 18.2 Å². The minimum absolute atomic E-state index is 0.123. The average molecular weight is 315 g/mol. The molecule has 1 aromatic carbocycles. The van der Waals surface area contributed by atoms with Crippen LogP contribution in [-0.2, 0) is 19.9 Å². The summed E-state index contributed by atoms with van der Waals surface area (Å²) in [5.41, 5.74) is -1.22. The lowest BCUT2D eigenvalue weighted by Gasteiger charge is -2.35. The third-order valence-corrected chi connectivity index (χ3v) is 4.33. The Morgan fingerprint density at radius 1 is 1.41 bits per heavy atom. The van der Waals surface area contributed by atoms with Crippen molar-refractivity contribution in [2.75, 3.05) is 13.2 Å². The molecule has 0 N–H and O–H groups in total. The topological polar surface area (TPSA) is 38.8 Å². The van der Waals surface area contributed by atoms with Gasteiger partial charge in [-0.05, 0) is 6.07 Å². The maximum Gasteiger partial charge on any atom is 0.271 e. The fourth-order valence-electron chi connectivity index (χ4n) is 3.47. The average Bonchev–Trinajstić information content (AvgIpc) is 2.94. The molecule has 2 aliphatic heterocycles. The quantitative estimate of drug-likeness (QED) is 0.842. The summed E-state index contributed by atoms with van der Waals surface area (Å²) in [6.45, 7) is 1.65. The third-order valence-electron chi connectivity index (χ3n) is 4.33. The maximum absolute atomic E-state index is 14.3. The summed E-state index contributed by atoms with van der Waals surface area (Å²) in [7, 11) is 0. The zero-order valence-corrected chi connectivity index (χ0v) is 12.2. The molecular formula is C15H16F3NO3. The van der Waals surface area contributed by atoms with Crippen molar-refractivity contribution in [1.82, 2.24) is 5.06 Å². The molecule has 0 aliphatic carbocycles. The summed E-state index contributed by atoms with van der Waals surface area (Å²) in [6, 6.07) is 5.81. The molecule has 0 aromatic heterocycles. The first kappa shape index (κ1) is 15.3. The molecule has 2 aliphatic rings. The summed E-state index contributed by atoms with van der Waals surface area (Å²) in [5.74, 6) is -5.01. The predicted octanol–water partition coefficient (Wildman–Crippen LogP) is 2.48. The van der Waals surface area contributed by atoms with Crippen LogP contribution in [-0.4, -0.2) is 36.2 Å². The molecule has 1 unspecified atom stereocenters. The molecule has 1 aromatic rings. The smallest absolute Gasteiger partial charge is 0.271 e. The standard InChI is InChI=1S/C15H16F3NO3/c1-9(20)19-15(10-5-3-4-6-12(10)16)8-21-13(14(2,17)18)11(15)7-22-19/h3-6,11,13H,7-8H2,1-2H3/t11?,13-,15+/m0/s1. The van der Waals surface area contributed by atoms with Crippen molar-refractivity contribution in [3.8, 4) is 0 Å². The van der Waals surface area contributed by atoms with E-state index >= 15 is 0 Å². The van der Waals surface area contributed by atoms with E-state index in [2.05, 4.69) is 0 Å². The van der Waals surface area contributed by atoms with E-state index in [4.69, 9.17) is 9.57 Å². The third kappa shape index (κ3) is 2.03. The van der Waals surface area contributed by atoms with E-state index in [0.29, 0.717) is 0 Å². The normalized spacial score (nSPS) is 31.4. The number of ether oxygens (including phenoxy) is 1. The van der Waals surface area contributed by atoms with Crippen LogP contribution in [0.25, 0.3) is 0 Å². The number of hydrogen-bond donors (Lipinski definition) is 0. The van der Waals surface area contributed by atoms with Crippen molar-refractivity contribution in [3.63, 3.8) is 0 Å². The van der Waals surface area contributed by atoms with Crippen molar-refractivity contribution < 1.29 is 27.5 Å². The largest absolute Gasteiger partial charge is 0.369 e. The first-order valence-corrected chi connectivity index (χ1v) is 6.96. The Labute approximate surface area is 125 Å². The van der Waals surface area contributed by atoms with Crippen molar-refractivity contribution >= 4 is 5.91 Å². The molecule has 2 fully saturated rings. The van der Waals surface area contributed by atoms with Gasteiger partial charge in [0.2, 0.25) is 5.91 Å². The number of hydroxylamine groups is 2. The fraction of sp³-hybridized carbons (Fsp3) is 0.533. The van der Waals surface area contributed by atoms with Crippen LogP contribution in [0.4, 0.5) is 13.2 Å². The van der Waals surface area contributed by atoms with Crippen LogP contribution in [0.5, 0.6) is 0 Å². The van der Waals surface area contributed by atoms with Crippen LogP contribution in [0.15, 0.2) is 24.3 Å². The second kappa shape index (κ2) is 4.96. The number of carbonyl (C=O) groups excluding carboxylic acids is 1. The molecular weight excluding hydrogens is 299 g/mol. The molecule has 0 bridgehead atoms. The van der Waals surface area contributed by atoms with Crippen molar-refractivity contribution in [1.29, 1.82) is 0 Å². The van der Waals surface area contributed by atoms with E-state index in [0.717, 1.165) is 12.0 Å². The Morgan fingerprint density at radius 3 is 2.68 bits per heavy atom. The van der Waals surface area contributed by atoms with Gasteiger partial charge >= 0.3 is 0 Å². The van der Waals surface area contributed by atoms with Crippen molar-refractivity contribution in [2.24, 2.45) is 5.92 Å². The monoisotopic (exact) mass is 315 g/mol. The van der Waals surface area contributed by atoms with Gasteiger partial charge in [-0.15, -0.1) is 0 Å². The fourth-order valence-corrected chi connectivity index (χ4v) is 3.47. The summed E-state index contributed by atoms with van der Waals surface area (Å²) < 4.78 is 47.2. The van der Waals surface area contributed by atoms with Gasteiger partial charge in [0.25, 0.3) is 5.92 Å². The summed E-state index contributed by atoms with van der Waals surface area (Å²) in [6.07, 6.45) is -1.43. The number of amides is 1. The van der Waals surface area contributed by atoms with E-state index < -0.39 is 35.2 Å². The van der Waals surface area contributed by atoms with Crippen molar-refractivity contribution in [2.45, 2.75) is 31.4 Å². The zero-order valence-electron chi connectivity index (χ0n) is 12.2. The van der Waals surface area contributed by atoms with Gasteiger partial charge in [-0.3, -0.25) is 9.63 Å². The highest BCUT2D eigenvalue weighted by molar-refractivity contribution is 5.74. The molecule has 0 radical (unpaired) electrons. The van der Waals surface area contributed by atoms with E-state index in [-0.39, 0.29) is 18.8 Å². The van der Waals surface area contributed by atoms with Crippen LogP contribution in [0, 0.1) is 11.7 Å². The molecule has 3 atom stereocenters. The first-order chi connectivity index (χ1) is 10.3. The Bertz CT molecular complexity index is 604. The Morgan fingerprint density at radius 2 is 2.09 bits per heavy atom. The van der Waals surface area contributed by atoms with Gasteiger partial charge in [0.1, 0.15) is 17.5 Å². The highest BCUT2D eigenvalue weighted by Crippen LogP contribution is 2.52. The Kier molecular flexibility index (Phi) is 3.45. The second-order valence-electron chi connectivity index (χ2n) is 5.81. The van der Waals surface area contributed by atoms with Gasteiger partial charge < -0.3 is 4.74 Å². The predicted molar refractivity (Wildman–Crippen MR) is 70.4 cm³/mol. The lowest BCUT2D eigenvalue weighted by atomic mass is 9.77. The molecule has 1 amide bonds. The van der Waals surface area contributed by atoms with E-state index in [9.17, 15) is 18.0 Å². The number of fused-ring (bicyclic) bond motifs is 1. The lowest BCUT2D eigenvalue weighted by molar-refractivity contribution is -0.196. The molecule has 0 saturated carbocycles. The lowest BCUT2D eigenvalue weighted by Crippen LogP contribution is -2.49. The SMILES string of the molecule is CC(=O)N1OCC2[C@@H](C(C)(F)F)OC[C@@]21c1ccccc1F. The number of alkyl halides is 2. The number of benzene rings is 1. The van der Waals surface area contributed by atoms with Crippen LogP contribution >= 0.6 is 0 Å². The summed E-state index contributed by atoms with van der Waals surface area (Å²) in [5, 5.41) is 0.988. The molecule has 120 valence electrons. The van der Waals surface area contributed by atoms with Gasteiger partial charge in [0.15, 0.2) is 0 Å². The van der Waals surface area contributed by atoms with Crippen LogP contribution < -0.4 is 0 Å². The number of nitrogens with zero attached hydrogens (tertiary/aromatic N) is 1. The highest BCUT2D eigenvalue weighted by atomic mass is 19.3. The van der Waals surface area contributed by atoms with E-state index in [1.807, 2.05) is 0 Å². The van der Waals surface area contributed by atoms with Gasteiger partial charge in [-0.2, -0.15) is 0 Å². The first-order valence-electron chi connectivity index (χ1n) is 6.96. The van der Waals surface area contributed by atoms with Crippen LogP contribution in [0.3, 0.4) is 0 Å². The maximum atomic E-state index is 14.3. The van der Waals surface area contributed by atoms with Crippen LogP contribution in [0.1, 0.15) is 19.4 Å². The number of carbonyl (C=O) groups is 1. The molecule has 2 saturated heterocycles. The number of hydrogen-bond acceptors (Lipinski definition) is 3. The molecule has 7 heteroatoms. The Hall–Kier alpha value is -1.60. The molecule has 0 spiro atoms. The minimum Gasteiger partial charge on any atom is -0.369 e. The number of halogens is 3. The molecule has 2 heterocycles. The van der Waals surface area contributed by atoms with E-state index in [1.54, 1.807) is 6.07 Å². The van der Waals surface area contributed by atoms with Crippen molar-refractivity contribution in [3.05, 3.63) is 35.6 Å². The van der Waals surface area contributed by atoms with Gasteiger partial charge in [0.05, 0.1) is 13.2 Å². The molecule has 4 nitrogen and oxygen atoms in total. The molecule has 22 heavy (non-hydrogen) atoms. The zero-order chi connectivity index (χ0) is 16.1. The Balaban J connectivity index is 2.14. The van der Waals surface area contributed by atoms with E-state index in [1.165, 1.54) is 25.1 Å².